The number of rotatable bonds is 7. The molecule has 2 aromatic rings. The minimum atomic E-state index is 0.0323. The molecule has 5 heteroatoms. The molecule has 0 fully saturated rings. The van der Waals surface area contributed by atoms with E-state index in [9.17, 15) is 4.79 Å². The Kier molecular flexibility index (Phi) is 6.80. The largest absolute Gasteiger partial charge is 0.349 e. The van der Waals surface area contributed by atoms with Gasteiger partial charge in [-0.1, -0.05) is 12.1 Å². The van der Waals surface area contributed by atoms with Crippen LogP contribution in [0, 0.1) is 0 Å². The number of thioether (sulfide) groups is 2. The molecule has 22 heavy (non-hydrogen) atoms. The van der Waals surface area contributed by atoms with Crippen molar-refractivity contribution < 1.29 is 4.79 Å². The van der Waals surface area contributed by atoms with Crippen molar-refractivity contribution in [3.63, 3.8) is 0 Å². The van der Waals surface area contributed by atoms with Crippen LogP contribution in [0.15, 0.2) is 53.7 Å². The van der Waals surface area contributed by atoms with Gasteiger partial charge in [0.2, 0.25) is 5.91 Å². The minimum absolute atomic E-state index is 0.0323. The molecule has 0 saturated carbocycles. The topological polar surface area (TPSA) is 42.0 Å². The summed E-state index contributed by atoms with van der Waals surface area (Å²) in [5.74, 6) is 1.36. The second kappa shape index (κ2) is 8.86. The molecular weight excluding hydrogens is 312 g/mol. The van der Waals surface area contributed by atoms with E-state index < -0.39 is 0 Å². The lowest BCUT2D eigenvalue weighted by atomic mass is 10.1. The molecule has 0 radical (unpaired) electrons. The highest BCUT2D eigenvalue weighted by Gasteiger charge is 2.09. The summed E-state index contributed by atoms with van der Waals surface area (Å²) < 4.78 is 0. The maximum absolute atomic E-state index is 12.0. The Bertz CT molecular complexity index is 587. The number of pyridine rings is 1. The number of carbonyl (C=O) groups is 1. The third-order valence-electron chi connectivity index (χ3n) is 3.24. The summed E-state index contributed by atoms with van der Waals surface area (Å²) in [5, 5.41) is 3.04. The Morgan fingerprint density at radius 1 is 1.18 bits per heavy atom. The zero-order valence-corrected chi connectivity index (χ0v) is 14.4. The van der Waals surface area contributed by atoms with E-state index in [4.69, 9.17) is 0 Å². The highest BCUT2D eigenvalue weighted by molar-refractivity contribution is 7.99. The molecular formula is C17H20N2OS2. The van der Waals surface area contributed by atoms with Crippen LogP contribution in [-0.4, -0.2) is 22.9 Å². The molecule has 0 spiro atoms. The van der Waals surface area contributed by atoms with Gasteiger partial charge in [0.25, 0.3) is 0 Å². The van der Waals surface area contributed by atoms with Gasteiger partial charge < -0.3 is 5.32 Å². The van der Waals surface area contributed by atoms with Crippen LogP contribution in [0.4, 0.5) is 0 Å². The molecule has 1 heterocycles. The Morgan fingerprint density at radius 3 is 2.50 bits per heavy atom. The summed E-state index contributed by atoms with van der Waals surface area (Å²) in [6.45, 7) is 2.01. The van der Waals surface area contributed by atoms with Crippen molar-refractivity contribution in [1.82, 2.24) is 10.3 Å². The van der Waals surface area contributed by atoms with Gasteiger partial charge in [0, 0.05) is 23.0 Å². The Labute approximate surface area is 140 Å². The Balaban J connectivity index is 1.76. The number of hydrogen-bond donors (Lipinski definition) is 1. The molecule has 116 valence electrons. The summed E-state index contributed by atoms with van der Waals surface area (Å²) in [5.41, 5.74) is 2.32. The van der Waals surface area contributed by atoms with Crippen LogP contribution in [-0.2, 0) is 10.5 Å². The SMILES string of the molecule is CSc1ccc([C@@H](C)NC(=O)CSCc2ccncc2)cc1. The van der Waals surface area contributed by atoms with E-state index in [-0.39, 0.29) is 11.9 Å². The van der Waals surface area contributed by atoms with Crippen LogP contribution in [0.5, 0.6) is 0 Å². The van der Waals surface area contributed by atoms with E-state index in [0.29, 0.717) is 5.75 Å². The molecule has 1 N–H and O–H groups in total. The number of nitrogens with zero attached hydrogens (tertiary/aromatic N) is 1. The zero-order valence-electron chi connectivity index (χ0n) is 12.8. The smallest absolute Gasteiger partial charge is 0.230 e. The second-order valence-electron chi connectivity index (χ2n) is 4.91. The van der Waals surface area contributed by atoms with Crippen molar-refractivity contribution in [2.45, 2.75) is 23.6 Å². The summed E-state index contributed by atoms with van der Waals surface area (Å²) in [4.78, 5) is 17.2. The van der Waals surface area contributed by atoms with Gasteiger partial charge in [0.1, 0.15) is 0 Å². The molecule has 0 unspecified atom stereocenters. The number of amides is 1. The molecule has 0 aliphatic rings. The summed E-state index contributed by atoms with van der Waals surface area (Å²) >= 11 is 3.33. The maximum atomic E-state index is 12.0. The number of carbonyl (C=O) groups excluding carboxylic acids is 1. The first kappa shape index (κ1) is 16.9. The van der Waals surface area contributed by atoms with Gasteiger partial charge in [-0.05, 0) is 48.6 Å². The first-order valence-electron chi connectivity index (χ1n) is 7.09. The molecule has 1 aromatic heterocycles. The van der Waals surface area contributed by atoms with Gasteiger partial charge in [0.15, 0.2) is 0 Å². The normalized spacial score (nSPS) is 11.9. The molecule has 1 atom stereocenters. The lowest BCUT2D eigenvalue weighted by Gasteiger charge is -2.14. The van der Waals surface area contributed by atoms with Crippen LogP contribution in [0.2, 0.25) is 0 Å². The predicted octanol–water partition coefficient (Wildman–Crippen LogP) is 3.91. The van der Waals surface area contributed by atoms with E-state index in [0.717, 1.165) is 11.3 Å². The minimum Gasteiger partial charge on any atom is -0.349 e. The molecule has 0 aliphatic heterocycles. The van der Waals surface area contributed by atoms with Crippen LogP contribution in [0.25, 0.3) is 0 Å². The Morgan fingerprint density at radius 2 is 1.86 bits per heavy atom. The highest BCUT2D eigenvalue weighted by atomic mass is 32.2. The van der Waals surface area contributed by atoms with Crippen molar-refractivity contribution in [2.75, 3.05) is 12.0 Å². The fourth-order valence-electron chi connectivity index (χ4n) is 2.00. The lowest BCUT2D eigenvalue weighted by molar-refractivity contribution is -0.119. The van der Waals surface area contributed by atoms with Crippen LogP contribution in [0.3, 0.4) is 0 Å². The molecule has 0 aliphatic carbocycles. The first-order valence-corrected chi connectivity index (χ1v) is 9.47. The van der Waals surface area contributed by atoms with Crippen molar-refractivity contribution in [1.29, 1.82) is 0 Å². The molecule has 2 rings (SSSR count). The van der Waals surface area contributed by atoms with Gasteiger partial charge in [0.05, 0.1) is 11.8 Å². The van der Waals surface area contributed by atoms with E-state index >= 15 is 0 Å². The third-order valence-corrected chi connectivity index (χ3v) is 4.99. The maximum Gasteiger partial charge on any atom is 0.230 e. The van der Waals surface area contributed by atoms with Crippen molar-refractivity contribution in [2.24, 2.45) is 0 Å². The average Bonchev–Trinajstić information content (AvgIpc) is 2.56. The molecule has 1 amide bonds. The Hall–Kier alpha value is -1.46. The average molecular weight is 332 g/mol. The van der Waals surface area contributed by atoms with Crippen LogP contribution in [0.1, 0.15) is 24.1 Å². The van der Waals surface area contributed by atoms with E-state index in [1.165, 1.54) is 10.5 Å². The highest BCUT2D eigenvalue weighted by Crippen LogP contribution is 2.19. The summed E-state index contributed by atoms with van der Waals surface area (Å²) in [7, 11) is 0. The van der Waals surface area contributed by atoms with Gasteiger partial charge in [-0.2, -0.15) is 0 Å². The van der Waals surface area contributed by atoms with E-state index in [1.54, 1.807) is 35.9 Å². The van der Waals surface area contributed by atoms with E-state index in [2.05, 4.69) is 40.8 Å². The summed E-state index contributed by atoms with van der Waals surface area (Å²) in [6, 6.07) is 12.3. The number of nitrogens with one attached hydrogen (secondary N) is 1. The predicted molar refractivity (Wildman–Crippen MR) is 95.2 cm³/mol. The second-order valence-corrected chi connectivity index (χ2v) is 6.78. The van der Waals surface area contributed by atoms with Gasteiger partial charge >= 0.3 is 0 Å². The van der Waals surface area contributed by atoms with Crippen molar-refractivity contribution in [3.8, 4) is 0 Å². The fourth-order valence-corrected chi connectivity index (χ4v) is 3.21. The van der Waals surface area contributed by atoms with Crippen molar-refractivity contribution in [3.05, 3.63) is 59.9 Å². The van der Waals surface area contributed by atoms with Gasteiger partial charge in [-0.3, -0.25) is 9.78 Å². The first-order chi connectivity index (χ1) is 10.7. The molecule has 3 nitrogen and oxygen atoms in total. The van der Waals surface area contributed by atoms with Crippen molar-refractivity contribution >= 4 is 29.4 Å². The number of benzene rings is 1. The lowest BCUT2D eigenvalue weighted by Crippen LogP contribution is -2.28. The van der Waals surface area contributed by atoms with Crippen LogP contribution >= 0.6 is 23.5 Å². The number of aromatic nitrogens is 1. The fraction of sp³-hybridized carbons (Fsp3) is 0.294. The number of hydrogen-bond acceptors (Lipinski definition) is 4. The monoisotopic (exact) mass is 332 g/mol. The van der Waals surface area contributed by atoms with E-state index in [1.807, 2.05) is 19.1 Å². The van der Waals surface area contributed by atoms with Gasteiger partial charge in [-0.15, -0.1) is 23.5 Å². The molecule has 0 bridgehead atoms. The molecule has 1 aromatic carbocycles. The molecule has 0 saturated heterocycles. The standard InChI is InChI=1S/C17H20N2OS2/c1-13(15-3-5-16(21-2)6-4-15)19-17(20)12-22-11-14-7-9-18-10-8-14/h3-10,13H,11-12H2,1-2H3,(H,19,20)/t13-/m1/s1. The van der Waals surface area contributed by atoms with Gasteiger partial charge in [-0.25, -0.2) is 0 Å². The zero-order chi connectivity index (χ0) is 15.8. The quantitative estimate of drug-likeness (QED) is 0.781. The van der Waals surface area contributed by atoms with Crippen LogP contribution < -0.4 is 5.32 Å². The summed E-state index contributed by atoms with van der Waals surface area (Å²) in [6.07, 6.45) is 5.60. The third kappa shape index (κ3) is 5.39.